The number of aromatic hydroxyl groups is 1. The van der Waals surface area contributed by atoms with Gasteiger partial charge in [0.1, 0.15) is 28.0 Å². The predicted molar refractivity (Wildman–Crippen MR) is 171 cm³/mol. The minimum atomic E-state index is -1.39. The van der Waals surface area contributed by atoms with Crippen LogP contribution in [0.15, 0.2) is 57.1 Å². The molecule has 0 amide bonds. The van der Waals surface area contributed by atoms with Crippen LogP contribution in [-0.2, 0) is 9.59 Å². The second-order valence-corrected chi connectivity index (χ2v) is 9.40. The summed E-state index contributed by atoms with van der Waals surface area (Å²) in [6, 6.07) is 10.4. The monoisotopic (exact) mass is 729 g/mol. The third-order valence-electron chi connectivity index (χ3n) is 4.38. The average molecular weight is 731 g/mol. The summed E-state index contributed by atoms with van der Waals surface area (Å²) in [7, 11) is 0. The summed E-state index contributed by atoms with van der Waals surface area (Å²) < 4.78 is 30.3. The molecular formula is C28H26BrF2N3O9S2. The number of phenolic OH excluding ortho intramolecular Hbond substituents is 1. The minimum absolute atomic E-state index is 0. The molecule has 45 heavy (non-hydrogen) atoms. The van der Waals surface area contributed by atoms with E-state index in [1.165, 1.54) is 29.6 Å². The number of carboxylic acids is 2. The van der Waals surface area contributed by atoms with Crippen molar-refractivity contribution in [2.24, 2.45) is 5.73 Å². The summed E-state index contributed by atoms with van der Waals surface area (Å²) in [5.74, 6) is -4.76. The standard InChI is InChI=1S/C13H6FNO4S.C7H5FO2.C3H3BrO3.C3H4N2S.2CH4/c14-7-2-1-6-3-8(13(18)19-10(6)4-7)11-15-9(5-20-11)12(16)17;8-6-2-1-5(4-9)7(10)3-6;4-1-2(5)3(6)7;4-2-1-3(5)6;;/h1-5H,(H,16,17);1-4,10H;1H2,(H,6,7);1H2,(H2,5,6);2*1H4. The van der Waals surface area contributed by atoms with Crippen LogP contribution in [0, 0.1) is 23.0 Å². The quantitative estimate of drug-likeness (QED) is 0.0625. The van der Waals surface area contributed by atoms with E-state index in [1.807, 2.05) is 0 Å². The van der Waals surface area contributed by atoms with Gasteiger partial charge in [-0.15, -0.1) is 11.3 Å². The maximum Gasteiger partial charge on any atom is 0.373 e. The maximum atomic E-state index is 13.0. The van der Waals surface area contributed by atoms with E-state index in [4.69, 9.17) is 30.7 Å². The van der Waals surface area contributed by atoms with E-state index in [0.717, 1.165) is 29.5 Å². The molecule has 2 heterocycles. The van der Waals surface area contributed by atoms with Crippen LogP contribution in [-0.4, -0.2) is 54.6 Å². The highest BCUT2D eigenvalue weighted by molar-refractivity contribution is 9.09. The minimum Gasteiger partial charge on any atom is -0.507 e. The summed E-state index contributed by atoms with van der Waals surface area (Å²) in [6.45, 7) is 0. The zero-order valence-corrected chi connectivity index (χ0v) is 24.5. The van der Waals surface area contributed by atoms with Crippen molar-refractivity contribution in [2.75, 3.05) is 5.33 Å². The Morgan fingerprint density at radius 2 is 1.71 bits per heavy atom. The van der Waals surface area contributed by atoms with Crippen LogP contribution < -0.4 is 11.4 Å². The van der Waals surface area contributed by atoms with Crippen molar-refractivity contribution < 1.29 is 47.7 Å². The number of rotatable bonds is 6. The summed E-state index contributed by atoms with van der Waals surface area (Å²) in [6.07, 6.45) is 0.657. The van der Waals surface area contributed by atoms with Gasteiger partial charge in [0.15, 0.2) is 12.0 Å². The average Bonchev–Trinajstić information content (AvgIpc) is 3.44. The van der Waals surface area contributed by atoms with Crippen molar-refractivity contribution in [3.8, 4) is 22.4 Å². The molecule has 0 aliphatic heterocycles. The van der Waals surface area contributed by atoms with Gasteiger partial charge in [-0.2, -0.15) is 5.26 Å². The molecule has 0 unspecified atom stereocenters. The molecule has 2 aromatic carbocycles. The molecule has 0 spiro atoms. The number of carbonyl (C=O) groups excluding carboxylic acids is 2. The number of aromatic nitrogens is 1. The number of alkyl halides is 1. The second-order valence-electron chi connectivity index (χ2n) is 7.46. The molecule has 0 saturated heterocycles. The molecule has 240 valence electrons. The summed E-state index contributed by atoms with van der Waals surface area (Å²) in [5.41, 5.74) is 4.48. The largest absolute Gasteiger partial charge is 0.507 e. The van der Waals surface area contributed by atoms with Crippen LogP contribution in [0.5, 0.6) is 5.75 Å². The number of aromatic carboxylic acids is 1. The molecule has 0 bridgehead atoms. The molecule has 17 heteroatoms. The zero-order valence-electron chi connectivity index (χ0n) is 21.3. The highest BCUT2D eigenvalue weighted by Crippen LogP contribution is 2.24. The number of nitrogens with zero attached hydrogens (tertiary/aromatic N) is 2. The highest BCUT2D eigenvalue weighted by Gasteiger charge is 2.15. The molecule has 2 aromatic heterocycles. The van der Waals surface area contributed by atoms with E-state index in [1.54, 1.807) is 6.07 Å². The first kappa shape index (κ1) is 42.2. The normalized spacial score (nSPS) is 9.02. The fourth-order valence-corrected chi connectivity index (χ4v) is 3.58. The molecule has 0 fully saturated rings. The van der Waals surface area contributed by atoms with Gasteiger partial charge in [0.05, 0.1) is 33.9 Å². The first-order chi connectivity index (χ1) is 20.2. The lowest BCUT2D eigenvalue weighted by molar-refractivity contribution is -0.147. The van der Waals surface area contributed by atoms with Crippen molar-refractivity contribution in [3.63, 3.8) is 0 Å². The predicted octanol–water partition coefficient (Wildman–Crippen LogP) is 5.59. The van der Waals surface area contributed by atoms with E-state index in [2.05, 4.69) is 33.1 Å². The fraction of sp³-hybridized carbons (Fsp3) is 0.143. The van der Waals surface area contributed by atoms with Gasteiger partial charge in [-0.25, -0.2) is 28.1 Å². The fourth-order valence-electron chi connectivity index (χ4n) is 2.48. The van der Waals surface area contributed by atoms with Crippen molar-refractivity contribution >= 4 is 79.5 Å². The van der Waals surface area contributed by atoms with Crippen molar-refractivity contribution in [1.29, 1.82) is 5.26 Å². The first-order valence-electron chi connectivity index (χ1n) is 11.1. The molecule has 0 atom stereocenters. The van der Waals surface area contributed by atoms with E-state index in [0.29, 0.717) is 11.7 Å². The van der Waals surface area contributed by atoms with Gasteiger partial charge in [-0.3, -0.25) is 9.59 Å². The number of phenols is 1. The van der Waals surface area contributed by atoms with Gasteiger partial charge >= 0.3 is 17.6 Å². The topological polar surface area (TPSA) is 222 Å². The Bertz CT molecular complexity index is 1760. The number of aliphatic carboxylic acids is 1. The molecule has 5 N–H and O–H groups in total. The number of hydrogen-bond donors (Lipinski definition) is 4. The highest BCUT2D eigenvalue weighted by atomic mass is 79.9. The number of halogens is 3. The van der Waals surface area contributed by atoms with E-state index < -0.39 is 35.0 Å². The number of thiazole rings is 1. The Labute approximate surface area is 272 Å². The summed E-state index contributed by atoms with van der Waals surface area (Å²) in [5, 5.41) is 35.3. The smallest absolute Gasteiger partial charge is 0.373 e. The Morgan fingerprint density at radius 1 is 1.11 bits per heavy atom. The zero-order chi connectivity index (χ0) is 32.7. The molecule has 12 nitrogen and oxygen atoms in total. The number of nitriles is 1. The lowest BCUT2D eigenvalue weighted by Gasteiger charge is -1.99. The molecule has 0 saturated carbocycles. The number of Topliss-reactive ketones (excluding diaryl/α,β-unsaturated/α-hetero) is 1. The lowest BCUT2D eigenvalue weighted by atomic mass is 10.2. The van der Waals surface area contributed by atoms with Gasteiger partial charge in [-0.1, -0.05) is 43.0 Å². The third kappa shape index (κ3) is 14.4. The van der Waals surface area contributed by atoms with Crippen molar-refractivity contribution in [2.45, 2.75) is 21.3 Å². The summed E-state index contributed by atoms with van der Waals surface area (Å²) >= 11 is 8.07. The lowest BCUT2D eigenvalue weighted by Crippen LogP contribution is -2.12. The SMILES string of the molecule is C.C.N#CCC(N)=S.O=C(O)C(=O)CBr.O=C(O)c1csc(-c2cc3ccc(F)cc3oc2=O)n1.O=Cc1ccc(F)cc1O. The molecule has 4 rings (SSSR count). The van der Waals surface area contributed by atoms with Gasteiger partial charge in [-0.05, 0) is 30.3 Å². The number of aldehydes is 1. The maximum absolute atomic E-state index is 13.0. The molecule has 0 aliphatic carbocycles. The van der Waals surface area contributed by atoms with E-state index in [9.17, 15) is 32.8 Å². The third-order valence-corrected chi connectivity index (χ3v) is 5.91. The van der Waals surface area contributed by atoms with Crippen LogP contribution in [0.1, 0.15) is 42.1 Å². The van der Waals surface area contributed by atoms with Crippen LogP contribution in [0.3, 0.4) is 0 Å². The Kier molecular flexibility index (Phi) is 19.6. The first-order valence-corrected chi connectivity index (χ1v) is 13.5. The van der Waals surface area contributed by atoms with Crippen LogP contribution in [0.4, 0.5) is 8.78 Å². The van der Waals surface area contributed by atoms with Crippen molar-refractivity contribution in [1.82, 2.24) is 4.98 Å². The summed E-state index contributed by atoms with van der Waals surface area (Å²) in [4.78, 5) is 56.2. The van der Waals surface area contributed by atoms with E-state index >= 15 is 0 Å². The Morgan fingerprint density at radius 3 is 2.13 bits per heavy atom. The van der Waals surface area contributed by atoms with Gasteiger partial charge in [0.2, 0.25) is 5.78 Å². The number of benzene rings is 2. The molecule has 0 radical (unpaired) electrons. The number of ketones is 1. The Hall–Kier alpha value is -4.92. The van der Waals surface area contributed by atoms with Crippen molar-refractivity contribution in [3.05, 3.63) is 81.2 Å². The van der Waals surface area contributed by atoms with Gasteiger partial charge in [0, 0.05) is 22.9 Å². The number of carbonyl (C=O) groups is 4. The van der Waals surface area contributed by atoms with Crippen LogP contribution in [0.2, 0.25) is 0 Å². The van der Waals surface area contributed by atoms with Gasteiger partial charge in [0.25, 0.3) is 0 Å². The molecular weight excluding hydrogens is 704 g/mol. The number of carboxylic acid groups (broad SMARTS) is 2. The number of fused-ring (bicyclic) bond motifs is 1. The van der Waals surface area contributed by atoms with Gasteiger partial charge < -0.3 is 25.5 Å². The second kappa shape index (κ2) is 20.9. The molecule has 4 aromatic rings. The van der Waals surface area contributed by atoms with E-state index in [-0.39, 0.29) is 64.8 Å². The van der Waals surface area contributed by atoms with Crippen LogP contribution in [0.25, 0.3) is 21.5 Å². The van der Waals surface area contributed by atoms with Crippen LogP contribution >= 0.6 is 39.5 Å². The Balaban J connectivity index is 0. The number of thiocarbonyl (C=S) groups is 1. The molecule has 0 aliphatic rings. The number of hydrogen-bond acceptors (Lipinski definition) is 11. The number of nitrogens with two attached hydrogens (primary N) is 1.